The van der Waals surface area contributed by atoms with Gasteiger partial charge in [0.1, 0.15) is 0 Å². The van der Waals surface area contributed by atoms with Gasteiger partial charge in [-0.1, -0.05) is 11.2 Å². The van der Waals surface area contributed by atoms with Gasteiger partial charge in [-0.3, -0.25) is 4.79 Å². The standard InChI is InChI=1S/C9H9N3O4S2/c1-18(14,15)9-12-11-7(16-9)5-10-8(13)6-3-2-4-17-6/h2-4H,5H2,1H3,(H,10,13). The molecule has 0 aromatic carbocycles. The smallest absolute Gasteiger partial charge is 0.335 e. The minimum absolute atomic E-state index is 0.0146. The Morgan fingerprint density at radius 1 is 1.50 bits per heavy atom. The molecule has 2 aromatic rings. The van der Waals surface area contributed by atoms with Crippen LogP contribution >= 0.6 is 11.3 Å². The van der Waals surface area contributed by atoms with E-state index in [-0.39, 0.29) is 18.3 Å². The molecule has 0 saturated carbocycles. The molecule has 2 aromatic heterocycles. The van der Waals surface area contributed by atoms with Crippen molar-refractivity contribution < 1.29 is 17.6 Å². The molecule has 1 N–H and O–H groups in total. The largest absolute Gasteiger partial charge is 0.411 e. The van der Waals surface area contributed by atoms with Crippen molar-refractivity contribution in [1.82, 2.24) is 15.5 Å². The summed E-state index contributed by atoms with van der Waals surface area (Å²) in [4.78, 5) is 12.1. The summed E-state index contributed by atoms with van der Waals surface area (Å²) in [5.41, 5.74) is 0. The molecule has 0 spiro atoms. The number of hydrogen-bond donors (Lipinski definition) is 1. The summed E-state index contributed by atoms with van der Waals surface area (Å²) in [5, 5.41) is 10.8. The molecule has 0 bridgehead atoms. The lowest BCUT2D eigenvalue weighted by Gasteiger charge is -1.98. The maximum Gasteiger partial charge on any atom is 0.335 e. The molecule has 2 heterocycles. The van der Waals surface area contributed by atoms with Crippen LogP contribution in [0.1, 0.15) is 15.6 Å². The van der Waals surface area contributed by atoms with E-state index >= 15 is 0 Å². The lowest BCUT2D eigenvalue weighted by molar-refractivity contribution is 0.0951. The fourth-order valence-electron chi connectivity index (χ4n) is 1.11. The van der Waals surface area contributed by atoms with Crippen LogP contribution in [0, 0.1) is 0 Å². The molecule has 2 rings (SSSR count). The molecule has 1 amide bonds. The Morgan fingerprint density at radius 3 is 2.83 bits per heavy atom. The van der Waals surface area contributed by atoms with Crippen LogP contribution in [-0.4, -0.2) is 30.8 Å². The van der Waals surface area contributed by atoms with Crippen LogP contribution in [0.25, 0.3) is 0 Å². The van der Waals surface area contributed by atoms with Gasteiger partial charge in [-0.05, 0) is 11.4 Å². The van der Waals surface area contributed by atoms with Crippen LogP contribution < -0.4 is 5.32 Å². The molecule has 0 unspecified atom stereocenters. The highest BCUT2D eigenvalue weighted by Crippen LogP contribution is 2.09. The first-order valence-corrected chi connectivity index (χ1v) is 7.58. The highest BCUT2D eigenvalue weighted by Gasteiger charge is 2.17. The average molecular weight is 287 g/mol. The topological polar surface area (TPSA) is 102 Å². The molecule has 0 aliphatic rings. The SMILES string of the molecule is CS(=O)(=O)c1nnc(CNC(=O)c2cccs2)o1. The van der Waals surface area contributed by atoms with E-state index in [1.54, 1.807) is 17.5 Å². The molecule has 96 valence electrons. The van der Waals surface area contributed by atoms with E-state index in [4.69, 9.17) is 4.42 Å². The van der Waals surface area contributed by atoms with Crippen LogP contribution in [0.3, 0.4) is 0 Å². The Balaban J connectivity index is 1.99. The molecule has 0 atom stereocenters. The Labute approximate surface area is 107 Å². The summed E-state index contributed by atoms with van der Waals surface area (Å²) in [6.07, 6.45) is 0.967. The summed E-state index contributed by atoms with van der Waals surface area (Å²) in [5.74, 6) is -0.232. The van der Waals surface area contributed by atoms with Gasteiger partial charge in [0.25, 0.3) is 5.91 Å². The van der Waals surface area contributed by atoms with Gasteiger partial charge in [0.2, 0.25) is 15.7 Å². The first-order valence-electron chi connectivity index (χ1n) is 4.81. The van der Waals surface area contributed by atoms with Gasteiger partial charge in [-0.25, -0.2) is 8.42 Å². The zero-order chi connectivity index (χ0) is 13.2. The molecule has 0 fully saturated rings. The summed E-state index contributed by atoms with van der Waals surface area (Å²) >= 11 is 1.30. The number of nitrogens with one attached hydrogen (secondary N) is 1. The third kappa shape index (κ3) is 2.93. The number of aromatic nitrogens is 2. The molecular formula is C9H9N3O4S2. The van der Waals surface area contributed by atoms with Crippen molar-refractivity contribution in [3.63, 3.8) is 0 Å². The van der Waals surface area contributed by atoms with Crippen molar-refractivity contribution in [1.29, 1.82) is 0 Å². The normalized spacial score (nSPS) is 11.4. The lowest BCUT2D eigenvalue weighted by atomic mass is 10.4. The molecule has 0 aliphatic carbocycles. The molecule has 18 heavy (non-hydrogen) atoms. The Kier molecular flexibility index (Phi) is 3.43. The highest BCUT2D eigenvalue weighted by atomic mass is 32.2. The number of carbonyl (C=O) groups is 1. The molecule has 0 radical (unpaired) electrons. The summed E-state index contributed by atoms with van der Waals surface area (Å²) in [6, 6.07) is 3.43. The number of carbonyl (C=O) groups excluding carboxylic acids is 1. The van der Waals surface area contributed by atoms with Crippen molar-refractivity contribution in [3.05, 3.63) is 28.3 Å². The predicted molar refractivity (Wildman–Crippen MR) is 62.9 cm³/mol. The van der Waals surface area contributed by atoms with E-state index in [1.807, 2.05) is 0 Å². The van der Waals surface area contributed by atoms with Gasteiger partial charge in [-0.2, -0.15) is 0 Å². The number of hydrogen-bond acceptors (Lipinski definition) is 7. The number of sulfone groups is 1. The minimum Gasteiger partial charge on any atom is -0.411 e. The van der Waals surface area contributed by atoms with Gasteiger partial charge in [0.15, 0.2) is 0 Å². The van der Waals surface area contributed by atoms with E-state index in [9.17, 15) is 13.2 Å². The summed E-state index contributed by atoms with van der Waals surface area (Å²) in [7, 11) is -3.51. The summed E-state index contributed by atoms with van der Waals surface area (Å²) in [6.45, 7) is -0.0146. The Hall–Kier alpha value is -1.74. The molecule has 9 heteroatoms. The average Bonchev–Trinajstić information content (AvgIpc) is 2.96. The van der Waals surface area contributed by atoms with Gasteiger partial charge in [0.05, 0.1) is 11.4 Å². The van der Waals surface area contributed by atoms with Crippen LogP contribution in [0.4, 0.5) is 0 Å². The number of amides is 1. The van der Waals surface area contributed by atoms with Crippen molar-refractivity contribution in [2.24, 2.45) is 0 Å². The maximum absolute atomic E-state index is 11.6. The molecule has 7 nitrogen and oxygen atoms in total. The van der Waals surface area contributed by atoms with E-state index in [0.717, 1.165) is 6.26 Å². The minimum atomic E-state index is -3.51. The second-order valence-electron chi connectivity index (χ2n) is 3.39. The second-order valence-corrected chi connectivity index (χ2v) is 6.24. The van der Waals surface area contributed by atoms with E-state index in [2.05, 4.69) is 15.5 Å². The van der Waals surface area contributed by atoms with Crippen molar-refractivity contribution >= 4 is 27.1 Å². The Morgan fingerprint density at radius 2 is 2.28 bits per heavy atom. The zero-order valence-corrected chi connectivity index (χ0v) is 10.9. The second kappa shape index (κ2) is 4.86. The van der Waals surface area contributed by atoms with E-state index in [1.165, 1.54) is 11.3 Å². The third-order valence-electron chi connectivity index (χ3n) is 1.91. The van der Waals surface area contributed by atoms with E-state index in [0.29, 0.717) is 4.88 Å². The van der Waals surface area contributed by atoms with Crippen molar-refractivity contribution in [3.8, 4) is 0 Å². The predicted octanol–water partition coefficient (Wildman–Crippen LogP) is 0.465. The van der Waals surface area contributed by atoms with Crippen LogP contribution in [0.15, 0.2) is 27.2 Å². The van der Waals surface area contributed by atoms with Gasteiger partial charge in [-0.15, -0.1) is 16.4 Å². The van der Waals surface area contributed by atoms with Crippen LogP contribution in [0.5, 0.6) is 0 Å². The van der Waals surface area contributed by atoms with Crippen molar-refractivity contribution in [2.75, 3.05) is 6.26 Å². The maximum atomic E-state index is 11.6. The monoisotopic (exact) mass is 287 g/mol. The number of thiophene rings is 1. The molecule has 0 saturated heterocycles. The first kappa shape index (κ1) is 12.7. The van der Waals surface area contributed by atoms with E-state index < -0.39 is 15.1 Å². The Bertz CT molecular complexity index is 645. The van der Waals surface area contributed by atoms with Gasteiger partial charge >= 0.3 is 5.22 Å². The quantitative estimate of drug-likeness (QED) is 0.876. The van der Waals surface area contributed by atoms with Crippen LogP contribution in [0.2, 0.25) is 0 Å². The third-order valence-corrected chi connectivity index (χ3v) is 3.58. The van der Waals surface area contributed by atoms with Crippen molar-refractivity contribution in [2.45, 2.75) is 11.8 Å². The summed E-state index contributed by atoms with van der Waals surface area (Å²) < 4.78 is 27.1. The lowest BCUT2D eigenvalue weighted by Crippen LogP contribution is -2.21. The highest BCUT2D eigenvalue weighted by molar-refractivity contribution is 7.90. The number of rotatable bonds is 4. The number of nitrogens with zero attached hydrogens (tertiary/aromatic N) is 2. The molecule has 0 aliphatic heterocycles. The fraction of sp³-hybridized carbons (Fsp3) is 0.222. The zero-order valence-electron chi connectivity index (χ0n) is 9.28. The molecular weight excluding hydrogens is 278 g/mol. The first-order chi connectivity index (χ1) is 8.47. The van der Waals surface area contributed by atoms with Gasteiger partial charge < -0.3 is 9.73 Å². The van der Waals surface area contributed by atoms with Crippen LogP contribution in [-0.2, 0) is 16.4 Å². The fourth-order valence-corrected chi connectivity index (χ4v) is 2.19. The van der Waals surface area contributed by atoms with Gasteiger partial charge in [0, 0.05) is 6.26 Å².